The molecule has 31 heavy (non-hydrogen) atoms. The molecule has 1 aliphatic rings. The van der Waals surface area contributed by atoms with Gasteiger partial charge in [-0.25, -0.2) is 0 Å². The summed E-state index contributed by atoms with van der Waals surface area (Å²) in [5, 5.41) is 5.39. The zero-order valence-corrected chi connectivity index (χ0v) is 18.6. The Labute approximate surface area is 187 Å². The second kappa shape index (κ2) is 9.26. The number of hydrogen-bond acceptors (Lipinski definition) is 4. The second-order valence-electron chi connectivity index (χ2n) is 8.53. The van der Waals surface area contributed by atoms with Crippen LogP contribution in [-0.4, -0.2) is 22.8 Å². The highest BCUT2D eigenvalue weighted by Gasteiger charge is 2.30. The standard InChI is InChI=1S/C23H26N4O3S/c1-23(2,3)17-10-6-15(7-11-17)19(28)24-18-12-8-16(9-13-18)21(30)26-27-22(31)25-20(29)14-4-5-14/h6-14H,4-5H2,1-3H3,(H,24,28)(H,26,30)(H2,25,27,29,31). The molecule has 0 heterocycles. The number of nitrogens with one attached hydrogen (secondary N) is 4. The van der Waals surface area contributed by atoms with Gasteiger partial charge in [0.15, 0.2) is 5.11 Å². The fourth-order valence-corrected chi connectivity index (χ4v) is 2.96. The zero-order chi connectivity index (χ0) is 22.6. The number of amides is 3. The molecule has 8 heteroatoms. The summed E-state index contributed by atoms with van der Waals surface area (Å²) in [4.78, 5) is 36.3. The van der Waals surface area contributed by atoms with Crippen molar-refractivity contribution in [3.63, 3.8) is 0 Å². The van der Waals surface area contributed by atoms with Gasteiger partial charge in [-0.15, -0.1) is 0 Å². The Morgan fingerprint density at radius 3 is 1.94 bits per heavy atom. The molecule has 4 N–H and O–H groups in total. The van der Waals surface area contributed by atoms with E-state index in [9.17, 15) is 14.4 Å². The zero-order valence-electron chi connectivity index (χ0n) is 17.7. The van der Waals surface area contributed by atoms with Gasteiger partial charge in [0.1, 0.15) is 0 Å². The normalized spacial score (nSPS) is 13.1. The first-order valence-corrected chi connectivity index (χ1v) is 10.5. The summed E-state index contributed by atoms with van der Waals surface area (Å²) < 4.78 is 0. The first-order chi connectivity index (χ1) is 14.6. The molecule has 1 fully saturated rings. The minimum absolute atomic E-state index is 0.0206. The molecule has 0 saturated heterocycles. The van der Waals surface area contributed by atoms with Crippen LogP contribution in [0.25, 0.3) is 0 Å². The van der Waals surface area contributed by atoms with E-state index >= 15 is 0 Å². The minimum Gasteiger partial charge on any atom is -0.322 e. The summed E-state index contributed by atoms with van der Waals surface area (Å²) in [5.41, 5.74) is 7.61. The van der Waals surface area contributed by atoms with Crippen LogP contribution < -0.4 is 21.5 Å². The molecule has 2 aromatic rings. The average molecular weight is 439 g/mol. The molecule has 162 valence electrons. The van der Waals surface area contributed by atoms with Crippen LogP contribution in [0.5, 0.6) is 0 Å². The van der Waals surface area contributed by atoms with Crippen LogP contribution in [0.4, 0.5) is 5.69 Å². The summed E-state index contributed by atoms with van der Waals surface area (Å²) in [5.74, 6) is -0.760. The Kier molecular flexibility index (Phi) is 6.70. The summed E-state index contributed by atoms with van der Waals surface area (Å²) in [6.45, 7) is 6.35. The second-order valence-corrected chi connectivity index (χ2v) is 8.94. The number of benzene rings is 2. The maximum atomic E-state index is 12.5. The summed E-state index contributed by atoms with van der Waals surface area (Å²) in [6, 6.07) is 14.0. The summed E-state index contributed by atoms with van der Waals surface area (Å²) >= 11 is 4.98. The molecule has 7 nitrogen and oxygen atoms in total. The SMILES string of the molecule is CC(C)(C)c1ccc(C(=O)Nc2ccc(C(=O)NNC(=S)NC(=O)C3CC3)cc2)cc1. The topological polar surface area (TPSA) is 99.3 Å². The van der Waals surface area contributed by atoms with E-state index in [4.69, 9.17) is 12.2 Å². The van der Waals surface area contributed by atoms with Gasteiger partial charge in [0, 0.05) is 22.7 Å². The van der Waals surface area contributed by atoms with Crippen LogP contribution in [0.1, 0.15) is 59.9 Å². The smallest absolute Gasteiger partial charge is 0.269 e. The minimum atomic E-state index is -0.418. The first kappa shape index (κ1) is 22.4. The maximum Gasteiger partial charge on any atom is 0.269 e. The van der Waals surface area contributed by atoms with Gasteiger partial charge in [-0.05, 0) is 72.4 Å². The van der Waals surface area contributed by atoms with Crippen molar-refractivity contribution in [2.75, 3.05) is 5.32 Å². The largest absolute Gasteiger partial charge is 0.322 e. The van der Waals surface area contributed by atoms with Crippen molar-refractivity contribution in [3.05, 3.63) is 65.2 Å². The molecule has 1 aliphatic carbocycles. The number of carbonyl (C=O) groups excluding carboxylic acids is 3. The number of carbonyl (C=O) groups is 3. The van der Waals surface area contributed by atoms with Gasteiger partial charge in [0.05, 0.1) is 0 Å². The van der Waals surface area contributed by atoms with E-state index in [0.717, 1.165) is 18.4 Å². The van der Waals surface area contributed by atoms with Gasteiger partial charge in [-0.3, -0.25) is 25.2 Å². The van der Waals surface area contributed by atoms with Gasteiger partial charge in [-0.2, -0.15) is 0 Å². The van der Waals surface area contributed by atoms with Gasteiger partial charge in [0.25, 0.3) is 11.8 Å². The number of hydrazine groups is 1. The third kappa shape index (κ3) is 6.36. The van der Waals surface area contributed by atoms with Crippen LogP contribution in [0, 0.1) is 5.92 Å². The van der Waals surface area contributed by atoms with Crippen molar-refractivity contribution in [1.29, 1.82) is 0 Å². The van der Waals surface area contributed by atoms with E-state index in [2.05, 4.69) is 42.3 Å². The third-order valence-corrected chi connectivity index (χ3v) is 5.10. The molecular formula is C23H26N4O3S. The Morgan fingerprint density at radius 2 is 1.39 bits per heavy atom. The quantitative estimate of drug-likeness (QED) is 0.434. The van der Waals surface area contributed by atoms with E-state index in [-0.39, 0.29) is 28.3 Å². The lowest BCUT2D eigenvalue weighted by molar-refractivity contribution is -0.120. The highest BCUT2D eigenvalue weighted by Crippen LogP contribution is 2.28. The van der Waals surface area contributed by atoms with Crippen molar-refractivity contribution in [3.8, 4) is 0 Å². The molecule has 1 saturated carbocycles. The van der Waals surface area contributed by atoms with E-state index in [1.54, 1.807) is 36.4 Å². The fourth-order valence-electron chi connectivity index (χ4n) is 2.81. The summed E-state index contributed by atoms with van der Waals surface area (Å²) in [6.07, 6.45) is 1.73. The van der Waals surface area contributed by atoms with Gasteiger partial charge >= 0.3 is 0 Å². The predicted molar refractivity (Wildman–Crippen MR) is 124 cm³/mol. The molecule has 2 aromatic carbocycles. The maximum absolute atomic E-state index is 12.5. The number of rotatable bonds is 4. The molecule has 0 unspecified atom stereocenters. The van der Waals surface area contributed by atoms with Crippen molar-refractivity contribution in [2.45, 2.75) is 39.0 Å². The number of anilines is 1. The summed E-state index contributed by atoms with van der Waals surface area (Å²) in [7, 11) is 0. The van der Waals surface area contributed by atoms with Crippen molar-refractivity contribution >= 4 is 40.7 Å². The first-order valence-electron chi connectivity index (χ1n) is 10.1. The highest BCUT2D eigenvalue weighted by molar-refractivity contribution is 7.80. The third-order valence-electron chi connectivity index (χ3n) is 4.89. The molecule has 3 rings (SSSR count). The monoisotopic (exact) mass is 438 g/mol. The Bertz CT molecular complexity index is 991. The van der Waals surface area contributed by atoms with Crippen molar-refractivity contribution < 1.29 is 14.4 Å². The van der Waals surface area contributed by atoms with Crippen LogP contribution >= 0.6 is 12.2 Å². The van der Waals surface area contributed by atoms with Gasteiger partial charge < -0.3 is 10.6 Å². The molecule has 0 aliphatic heterocycles. The Morgan fingerprint density at radius 1 is 0.839 bits per heavy atom. The lowest BCUT2D eigenvalue weighted by Crippen LogP contribution is -2.48. The van der Waals surface area contributed by atoms with Crippen molar-refractivity contribution in [1.82, 2.24) is 16.2 Å². The lowest BCUT2D eigenvalue weighted by atomic mass is 9.87. The molecule has 0 radical (unpaired) electrons. The van der Waals surface area contributed by atoms with Gasteiger partial charge in [-0.1, -0.05) is 32.9 Å². The molecule has 3 amide bonds. The Balaban J connectivity index is 1.50. The van der Waals surface area contributed by atoms with Crippen LogP contribution in [-0.2, 0) is 10.2 Å². The molecule has 0 atom stereocenters. The van der Waals surface area contributed by atoms with Crippen molar-refractivity contribution in [2.24, 2.45) is 5.92 Å². The Hall–Kier alpha value is -3.26. The lowest BCUT2D eigenvalue weighted by Gasteiger charge is -2.19. The fraction of sp³-hybridized carbons (Fsp3) is 0.304. The van der Waals surface area contributed by atoms with E-state index in [1.165, 1.54) is 0 Å². The number of thiocarbonyl (C=S) groups is 1. The van der Waals surface area contributed by atoms with E-state index in [1.807, 2.05) is 12.1 Å². The predicted octanol–water partition coefficient (Wildman–Crippen LogP) is 3.28. The molecule has 0 aromatic heterocycles. The van der Waals surface area contributed by atoms with E-state index in [0.29, 0.717) is 16.8 Å². The van der Waals surface area contributed by atoms with Crippen LogP contribution in [0.3, 0.4) is 0 Å². The highest BCUT2D eigenvalue weighted by atomic mass is 32.1. The number of hydrogen-bond donors (Lipinski definition) is 4. The van der Waals surface area contributed by atoms with Crippen LogP contribution in [0.2, 0.25) is 0 Å². The molecule has 0 bridgehead atoms. The molecular weight excluding hydrogens is 412 g/mol. The molecule has 0 spiro atoms. The van der Waals surface area contributed by atoms with Crippen LogP contribution in [0.15, 0.2) is 48.5 Å². The van der Waals surface area contributed by atoms with E-state index < -0.39 is 5.91 Å². The van der Waals surface area contributed by atoms with Gasteiger partial charge in [0.2, 0.25) is 5.91 Å². The average Bonchev–Trinajstić information content (AvgIpc) is 3.57.